The molecule has 0 aromatic heterocycles. The van der Waals surface area contributed by atoms with Crippen molar-refractivity contribution in [2.24, 2.45) is 0 Å². The summed E-state index contributed by atoms with van der Waals surface area (Å²) in [4.78, 5) is 11.1. The maximum Gasteiger partial charge on any atom is 0.303 e. The molecule has 1 fully saturated rings. The Balaban J connectivity index is 2.02. The molecule has 1 aliphatic rings. The highest BCUT2D eigenvalue weighted by Crippen LogP contribution is 2.26. The lowest BCUT2D eigenvalue weighted by Gasteiger charge is -2.22. The van der Waals surface area contributed by atoms with Gasteiger partial charge >= 0.3 is 5.97 Å². The molecule has 1 saturated heterocycles. The van der Waals surface area contributed by atoms with E-state index in [9.17, 15) is 15.0 Å². The zero-order valence-corrected chi connectivity index (χ0v) is 11.1. The number of ether oxygens (including phenoxy) is 3. The molecule has 1 unspecified atom stereocenters. The molecule has 110 valence electrons. The van der Waals surface area contributed by atoms with Crippen molar-refractivity contribution in [3.63, 3.8) is 0 Å². The van der Waals surface area contributed by atoms with Gasteiger partial charge < -0.3 is 24.4 Å². The van der Waals surface area contributed by atoms with Crippen molar-refractivity contribution >= 4 is 5.97 Å². The predicted octanol–water partition coefficient (Wildman–Crippen LogP) is 0.213. The summed E-state index contributed by atoms with van der Waals surface area (Å²) in [6.07, 6.45) is -3.66. The minimum Gasteiger partial charge on any atom is -0.454 e. The Labute approximate surface area is 116 Å². The number of hydrogen-bond acceptors (Lipinski definition) is 6. The SMILES string of the molecule is CC(=O)O[C@H]1C(OCc2ccccc2)[C@@H](CO)O[C@@H]1O. The molecule has 1 heterocycles. The molecule has 0 spiro atoms. The van der Waals surface area contributed by atoms with Crippen LogP contribution < -0.4 is 0 Å². The van der Waals surface area contributed by atoms with Gasteiger partial charge in [-0.3, -0.25) is 4.79 Å². The molecule has 0 radical (unpaired) electrons. The van der Waals surface area contributed by atoms with Crippen LogP contribution in [0.15, 0.2) is 30.3 Å². The van der Waals surface area contributed by atoms with Gasteiger partial charge in [-0.15, -0.1) is 0 Å². The van der Waals surface area contributed by atoms with Gasteiger partial charge in [-0.2, -0.15) is 0 Å². The normalized spacial score (nSPS) is 29.4. The second-order valence-electron chi connectivity index (χ2n) is 4.58. The molecule has 0 saturated carbocycles. The van der Waals surface area contributed by atoms with Crippen LogP contribution in [0.4, 0.5) is 0 Å². The number of aliphatic hydroxyl groups excluding tert-OH is 2. The summed E-state index contributed by atoms with van der Waals surface area (Å²) in [5.41, 5.74) is 0.937. The number of hydrogen-bond donors (Lipinski definition) is 2. The maximum atomic E-state index is 11.1. The van der Waals surface area contributed by atoms with E-state index in [4.69, 9.17) is 14.2 Å². The third kappa shape index (κ3) is 3.55. The van der Waals surface area contributed by atoms with Crippen molar-refractivity contribution in [1.82, 2.24) is 0 Å². The summed E-state index contributed by atoms with van der Waals surface area (Å²) in [5.74, 6) is -0.537. The highest BCUT2D eigenvalue weighted by molar-refractivity contribution is 5.66. The van der Waals surface area contributed by atoms with E-state index in [1.807, 2.05) is 30.3 Å². The maximum absolute atomic E-state index is 11.1. The first-order valence-electron chi connectivity index (χ1n) is 6.39. The van der Waals surface area contributed by atoms with Crippen LogP contribution in [0.3, 0.4) is 0 Å². The summed E-state index contributed by atoms with van der Waals surface area (Å²) >= 11 is 0. The molecule has 2 rings (SSSR count). The highest BCUT2D eigenvalue weighted by Gasteiger charge is 2.46. The number of carbonyl (C=O) groups is 1. The van der Waals surface area contributed by atoms with Crippen LogP contribution in [0.25, 0.3) is 0 Å². The van der Waals surface area contributed by atoms with E-state index in [0.717, 1.165) is 5.56 Å². The molecule has 2 N–H and O–H groups in total. The van der Waals surface area contributed by atoms with Gasteiger partial charge in [0.05, 0.1) is 13.2 Å². The van der Waals surface area contributed by atoms with Crippen LogP contribution in [0.5, 0.6) is 0 Å². The van der Waals surface area contributed by atoms with Crippen molar-refractivity contribution in [2.45, 2.75) is 38.1 Å². The van der Waals surface area contributed by atoms with Gasteiger partial charge in [-0.1, -0.05) is 30.3 Å². The fraction of sp³-hybridized carbons (Fsp3) is 0.500. The van der Waals surface area contributed by atoms with Gasteiger partial charge in [0.25, 0.3) is 0 Å². The topological polar surface area (TPSA) is 85.2 Å². The first kappa shape index (κ1) is 14.9. The molecular weight excluding hydrogens is 264 g/mol. The molecule has 6 heteroatoms. The van der Waals surface area contributed by atoms with Gasteiger partial charge in [0.1, 0.15) is 12.2 Å². The Morgan fingerprint density at radius 2 is 2.00 bits per heavy atom. The lowest BCUT2D eigenvalue weighted by atomic mass is 10.1. The minimum absolute atomic E-state index is 0.274. The lowest BCUT2D eigenvalue weighted by molar-refractivity contribution is -0.172. The van der Waals surface area contributed by atoms with E-state index >= 15 is 0 Å². The highest BCUT2D eigenvalue weighted by atomic mass is 16.7. The standard InChI is InChI=1S/C14H18O6/c1-9(16)19-13-12(11(7-15)20-14(13)17)18-8-10-5-3-2-4-6-10/h2-6,11-15,17H,7-8H2,1H3/t11-,12?,13+,14+/m1/s1. The second-order valence-corrected chi connectivity index (χ2v) is 4.58. The van der Waals surface area contributed by atoms with Gasteiger partial charge in [0, 0.05) is 6.92 Å². The van der Waals surface area contributed by atoms with E-state index in [1.165, 1.54) is 6.92 Å². The molecule has 1 aromatic rings. The molecule has 1 aromatic carbocycles. The van der Waals surface area contributed by atoms with Crippen molar-refractivity contribution in [3.05, 3.63) is 35.9 Å². The summed E-state index contributed by atoms with van der Waals surface area (Å²) in [6.45, 7) is 1.19. The van der Waals surface area contributed by atoms with Gasteiger partial charge in [-0.05, 0) is 5.56 Å². The quantitative estimate of drug-likeness (QED) is 0.751. The number of esters is 1. The number of aliphatic hydroxyl groups is 2. The summed E-state index contributed by atoms with van der Waals surface area (Å²) in [6, 6.07) is 9.43. The van der Waals surface area contributed by atoms with Crippen molar-refractivity contribution in [2.75, 3.05) is 6.61 Å². The first-order chi connectivity index (χ1) is 9.61. The first-order valence-corrected chi connectivity index (χ1v) is 6.39. The number of carbonyl (C=O) groups excluding carboxylic acids is 1. The number of benzene rings is 1. The third-order valence-electron chi connectivity index (χ3n) is 3.05. The third-order valence-corrected chi connectivity index (χ3v) is 3.05. The van der Waals surface area contributed by atoms with E-state index in [0.29, 0.717) is 0 Å². The number of rotatable bonds is 5. The molecule has 4 atom stereocenters. The Hall–Kier alpha value is -1.47. The predicted molar refractivity (Wildman–Crippen MR) is 68.5 cm³/mol. The molecule has 0 bridgehead atoms. The van der Waals surface area contributed by atoms with Crippen LogP contribution >= 0.6 is 0 Å². The molecule has 20 heavy (non-hydrogen) atoms. The van der Waals surface area contributed by atoms with Crippen molar-refractivity contribution < 1.29 is 29.2 Å². The van der Waals surface area contributed by atoms with Crippen LogP contribution in [-0.4, -0.2) is 47.4 Å². The molecule has 0 aliphatic carbocycles. The van der Waals surface area contributed by atoms with Crippen molar-refractivity contribution in [1.29, 1.82) is 0 Å². The van der Waals surface area contributed by atoms with Crippen LogP contribution in [0.1, 0.15) is 12.5 Å². The summed E-state index contributed by atoms with van der Waals surface area (Å²) < 4.78 is 15.8. The van der Waals surface area contributed by atoms with E-state index in [1.54, 1.807) is 0 Å². The molecule has 0 amide bonds. The van der Waals surface area contributed by atoms with Gasteiger partial charge in [0.2, 0.25) is 0 Å². The Morgan fingerprint density at radius 3 is 2.60 bits per heavy atom. The largest absolute Gasteiger partial charge is 0.454 e. The summed E-state index contributed by atoms with van der Waals surface area (Å²) in [7, 11) is 0. The zero-order valence-electron chi connectivity index (χ0n) is 11.1. The lowest BCUT2D eigenvalue weighted by Crippen LogP contribution is -2.39. The van der Waals surface area contributed by atoms with Crippen LogP contribution in [-0.2, 0) is 25.6 Å². The van der Waals surface area contributed by atoms with Crippen molar-refractivity contribution in [3.8, 4) is 0 Å². The van der Waals surface area contributed by atoms with Crippen LogP contribution in [0.2, 0.25) is 0 Å². The van der Waals surface area contributed by atoms with E-state index in [-0.39, 0.29) is 13.2 Å². The monoisotopic (exact) mass is 282 g/mol. The average Bonchev–Trinajstić information content (AvgIpc) is 2.73. The summed E-state index contributed by atoms with van der Waals surface area (Å²) in [5, 5.41) is 19.0. The van der Waals surface area contributed by atoms with Gasteiger partial charge in [0.15, 0.2) is 12.4 Å². The fourth-order valence-corrected chi connectivity index (χ4v) is 2.14. The van der Waals surface area contributed by atoms with Gasteiger partial charge in [-0.25, -0.2) is 0 Å². The Bertz CT molecular complexity index is 435. The zero-order chi connectivity index (χ0) is 14.5. The van der Waals surface area contributed by atoms with E-state index in [2.05, 4.69) is 0 Å². The molecule has 1 aliphatic heterocycles. The second kappa shape index (κ2) is 6.81. The molecule has 6 nitrogen and oxygen atoms in total. The Morgan fingerprint density at radius 1 is 1.30 bits per heavy atom. The molecular formula is C14H18O6. The fourth-order valence-electron chi connectivity index (χ4n) is 2.14. The smallest absolute Gasteiger partial charge is 0.303 e. The minimum atomic E-state index is -1.29. The average molecular weight is 282 g/mol. The Kier molecular flexibility index (Phi) is 5.08. The van der Waals surface area contributed by atoms with Crippen LogP contribution in [0, 0.1) is 0 Å². The van der Waals surface area contributed by atoms with E-state index < -0.39 is 30.6 Å².